The number of aryl methyl sites for hydroxylation is 1. The van der Waals surface area contributed by atoms with E-state index in [1.54, 1.807) is 4.90 Å². The molecule has 0 bridgehead atoms. The first kappa shape index (κ1) is 19.0. The van der Waals surface area contributed by atoms with Gasteiger partial charge < -0.3 is 9.80 Å². The van der Waals surface area contributed by atoms with Crippen LogP contribution in [-0.2, 0) is 6.18 Å². The van der Waals surface area contributed by atoms with E-state index in [1.807, 2.05) is 0 Å². The summed E-state index contributed by atoms with van der Waals surface area (Å²) in [5.41, 5.74) is -1.41. The van der Waals surface area contributed by atoms with Gasteiger partial charge in [0.2, 0.25) is 0 Å². The molecule has 2 aromatic rings. The van der Waals surface area contributed by atoms with Gasteiger partial charge in [-0.3, -0.25) is 4.79 Å². The number of piperazine rings is 1. The second-order valence-electron chi connectivity index (χ2n) is 6.06. The maximum absolute atomic E-state index is 13.8. The summed E-state index contributed by atoms with van der Waals surface area (Å²) < 4.78 is 65.8. The topological polar surface area (TPSA) is 49.3 Å². The molecule has 1 aromatic carbocycles. The number of hydrogen-bond acceptors (Lipinski definition) is 4. The fraction of sp³-hybridized carbons (Fsp3) is 0.353. The Balaban J connectivity index is 1.73. The van der Waals surface area contributed by atoms with Crippen molar-refractivity contribution in [1.29, 1.82) is 0 Å². The van der Waals surface area contributed by atoms with Gasteiger partial charge in [0.1, 0.15) is 29.0 Å². The molecule has 144 valence electrons. The van der Waals surface area contributed by atoms with E-state index in [1.165, 1.54) is 11.8 Å². The van der Waals surface area contributed by atoms with E-state index in [2.05, 4.69) is 9.97 Å². The SMILES string of the molecule is Cc1nc(N2CCN(C(=O)c3cc(F)ccc3F)CC2)cc(C(F)(F)F)n1. The average Bonchev–Trinajstić information content (AvgIpc) is 2.62. The summed E-state index contributed by atoms with van der Waals surface area (Å²) >= 11 is 0. The van der Waals surface area contributed by atoms with Crippen LogP contribution in [0.5, 0.6) is 0 Å². The number of nitrogens with zero attached hydrogens (tertiary/aromatic N) is 4. The molecule has 10 heteroatoms. The molecule has 0 atom stereocenters. The van der Waals surface area contributed by atoms with E-state index < -0.39 is 29.4 Å². The van der Waals surface area contributed by atoms with Crippen LogP contribution in [0.2, 0.25) is 0 Å². The molecule has 0 radical (unpaired) electrons. The zero-order valence-corrected chi connectivity index (χ0v) is 14.2. The number of rotatable bonds is 2. The summed E-state index contributed by atoms with van der Waals surface area (Å²) in [7, 11) is 0. The van der Waals surface area contributed by atoms with Crippen LogP contribution in [0.15, 0.2) is 24.3 Å². The second kappa shape index (κ2) is 7.09. The highest BCUT2D eigenvalue weighted by molar-refractivity contribution is 5.94. The van der Waals surface area contributed by atoms with Gasteiger partial charge in [-0.15, -0.1) is 0 Å². The smallest absolute Gasteiger partial charge is 0.353 e. The molecule has 1 aliphatic rings. The monoisotopic (exact) mass is 386 g/mol. The Hall–Kier alpha value is -2.78. The highest BCUT2D eigenvalue weighted by Gasteiger charge is 2.34. The average molecular weight is 386 g/mol. The number of benzene rings is 1. The molecule has 2 heterocycles. The molecule has 5 nitrogen and oxygen atoms in total. The van der Waals surface area contributed by atoms with Crippen molar-refractivity contribution in [3.8, 4) is 0 Å². The first-order valence-electron chi connectivity index (χ1n) is 8.07. The molecular formula is C17H15F5N4O. The Labute approximate surface area is 151 Å². The third-order valence-electron chi connectivity index (χ3n) is 4.16. The third kappa shape index (κ3) is 4.15. The van der Waals surface area contributed by atoms with Gasteiger partial charge in [0.15, 0.2) is 0 Å². The summed E-state index contributed by atoms with van der Waals surface area (Å²) in [5.74, 6) is -2.12. The fourth-order valence-corrected chi connectivity index (χ4v) is 2.83. The van der Waals surface area contributed by atoms with Crippen molar-refractivity contribution in [3.63, 3.8) is 0 Å². The highest BCUT2D eigenvalue weighted by Crippen LogP contribution is 2.30. The van der Waals surface area contributed by atoms with E-state index in [9.17, 15) is 26.7 Å². The summed E-state index contributed by atoms with van der Waals surface area (Å²) in [6, 6.07) is 3.48. The number of anilines is 1. The summed E-state index contributed by atoms with van der Waals surface area (Å²) in [5, 5.41) is 0. The first-order valence-corrected chi connectivity index (χ1v) is 8.07. The standard InChI is InChI=1S/C17H15F5N4O/c1-10-23-14(17(20,21)22)9-15(24-10)25-4-6-26(7-5-25)16(27)12-8-11(18)2-3-13(12)19/h2-3,8-9H,4-7H2,1H3. The zero-order chi connectivity index (χ0) is 19.8. The van der Waals surface area contributed by atoms with Crippen LogP contribution in [-0.4, -0.2) is 47.0 Å². The van der Waals surface area contributed by atoms with Crippen molar-refractivity contribution >= 4 is 11.7 Å². The molecule has 3 rings (SSSR count). The van der Waals surface area contributed by atoms with Crippen LogP contribution in [0.1, 0.15) is 21.9 Å². The lowest BCUT2D eigenvalue weighted by Crippen LogP contribution is -2.49. The predicted octanol–water partition coefficient (Wildman–Crippen LogP) is 3.04. The lowest BCUT2D eigenvalue weighted by molar-refractivity contribution is -0.141. The van der Waals surface area contributed by atoms with Gasteiger partial charge in [-0.1, -0.05) is 0 Å². The van der Waals surface area contributed by atoms with Crippen molar-refractivity contribution < 1.29 is 26.7 Å². The minimum Gasteiger partial charge on any atom is -0.353 e. The molecule has 0 N–H and O–H groups in total. The molecule has 0 saturated carbocycles. The van der Waals surface area contributed by atoms with Gasteiger partial charge in [0, 0.05) is 32.2 Å². The molecule has 1 aromatic heterocycles. The van der Waals surface area contributed by atoms with Crippen molar-refractivity contribution in [3.05, 3.63) is 53.0 Å². The molecule has 1 aliphatic heterocycles. The van der Waals surface area contributed by atoms with Crippen LogP contribution in [0.25, 0.3) is 0 Å². The van der Waals surface area contributed by atoms with E-state index in [0.29, 0.717) is 0 Å². The van der Waals surface area contributed by atoms with Crippen LogP contribution in [0, 0.1) is 18.6 Å². The van der Waals surface area contributed by atoms with Crippen molar-refractivity contribution in [2.45, 2.75) is 13.1 Å². The molecule has 0 unspecified atom stereocenters. The minimum atomic E-state index is -4.59. The van der Waals surface area contributed by atoms with Gasteiger partial charge in [0.25, 0.3) is 5.91 Å². The first-order chi connectivity index (χ1) is 12.6. The maximum atomic E-state index is 13.8. The van der Waals surface area contributed by atoms with Gasteiger partial charge >= 0.3 is 6.18 Å². The van der Waals surface area contributed by atoms with Gasteiger partial charge in [-0.2, -0.15) is 13.2 Å². The number of amides is 1. The predicted molar refractivity (Wildman–Crippen MR) is 86.2 cm³/mol. The highest BCUT2D eigenvalue weighted by atomic mass is 19.4. The number of carbonyl (C=O) groups is 1. The third-order valence-corrected chi connectivity index (χ3v) is 4.16. The van der Waals surface area contributed by atoms with Crippen molar-refractivity contribution in [2.75, 3.05) is 31.1 Å². The van der Waals surface area contributed by atoms with Crippen molar-refractivity contribution in [2.24, 2.45) is 0 Å². The number of alkyl halides is 3. The fourth-order valence-electron chi connectivity index (χ4n) is 2.83. The largest absolute Gasteiger partial charge is 0.433 e. The second-order valence-corrected chi connectivity index (χ2v) is 6.06. The van der Waals surface area contributed by atoms with E-state index >= 15 is 0 Å². The van der Waals surface area contributed by atoms with Crippen LogP contribution >= 0.6 is 0 Å². The van der Waals surface area contributed by atoms with E-state index in [-0.39, 0.29) is 43.4 Å². The Morgan fingerprint density at radius 2 is 1.70 bits per heavy atom. The lowest BCUT2D eigenvalue weighted by atomic mass is 10.1. The molecule has 1 amide bonds. The molecule has 1 fully saturated rings. The normalized spacial score (nSPS) is 15.2. The molecule has 27 heavy (non-hydrogen) atoms. The quantitative estimate of drug-likeness (QED) is 0.745. The molecule has 0 aliphatic carbocycles. The van der Waals surface area contributed by atoms with E-state index in [4.69, 9.17) is 0 Å². The number of hydrogen-bond donors (Lipinski definition) is 0. The maximum Gasteiger partial charge on any atom is 0.433 e. The Morgan fingerprint density at radius 1 is 1.04 bits per heavy atom. The van der Waals surface area contributed by atoms with Crippen molar-refractivity contribution in [1.82, 2.24) is 14.9 Å². The van der Waals surface area contributed by atoms with Crippen LogP contribution in [0.4, 0.5) is 27.8 Å². The Morgan fingerprint density at radius 3 is 2.33 bits per heavy atom. The number of halogens is 5. The minimum absolute atomic E-state index is 0.0137. The summed E-state index contributed by atoms with van der Waals surface area (Å²) in [6.07, 6.45) is -4.59. The van der Waals surface area contributed by atoms with Gasteiger partial charge in [-0.25, -0.2) is 18.7 Å². The summed E-state index contributed by atoms with van der Waals surface area (Å²) in [6.45, 7) is 2.05. The van der Waals surface area contributed by atoms with Gasteiger partial charge in [-0.05, 0) is 25.1 Å². The van der Waals surface area contributed by atoms with Gasteiger partial charge in [0.05, 0.1) is 5.56 Å². The summed E-state index contributed by atoms with van der Waals surface area (Å²) in [4.78, 5) is 22.7. The number of aromatic nitrogens is 2. The lowest BCUT2D eigenvalue weighted by Gasteiger charge is -2.35. The molecule has 0 spiro atoms. The number of carbonyl (C=O) groups excluding carboxylic acids is 1. The molecule has 1 saturated heterocycles. The Kier molecular flexibility index (Phi) is 4.99. The molecular weight excluding hydrogens is 371 g/mol. The zero-order valence-electron chi connectivity index (χ0n) is 14.2. The van der Waals surface area contributed by atoms with Crippen LogP contribution in [0.3, 0.4) is 0 Å². The van der Waals surface area contributed by atoms with E-state index in [0.717, 1.165) is 24.3 Å². The Bertz CT molecular complexity index is 863. The van der Waals surface area contributed by atoms with Crippen LogP contribution < -0.4 is 4.90 Å².